The Morgan fingerprint density at radius 1 is 1.82 bits per heavy atom. The van der Waals surface area contributed by atoms with Gasteiger partial charge in [0, 0.05) is 7.05 Å². The molecule has 1 rings (SSSR count). The molecule has 0 aliphatic carbocycles. The van der Waals surface area contributed by atoms with Crippen LogP contribution >= 0.6 is 0 Å². The molecule has 0 aliphatic rings. The zero-order chi connectivity index (χ0) is 8.27. The monoisotopic (exact) mass is 151 g/mol. The quantitative estimate of drug-likeness (QED) is 0.475. The highest BCUT2D eigenvalue weighted by molar-refractivity contribution is 4.92. The van der Waals surface area contributed by atoms with Gasteiger partial charge in [0.05, 0.1) is 6.04 Å². The molecule has 1 aromatic rings. The smallest absolute Gasteiger partial charge is 0.177 e. The van der Waals surface area contributed by atoms with Crippen molar-refractivity contribution >= 4 is 0 Å². The Kier molecular flexibility index (Phi) is 2.06. The van der Waals surface area contributed by atoms with Crippen LogP contribution in [0.15, 0.2) is 6.33 Å². The van der Waals surface area contributed by atoms with E-state index in [-0.39, 0.29) is 6.04 Å². The average Bonchev–Trinajstić information content (AvgIpc) is 2.36. The molecule has 0 amide bonds. The molecule has 1 atom stereocenters. The fourth-order valence-corrected chi connectivity index (χ4v) is 0.716. The minimum atomic E-state index is -0.110. The highest BCUT2D eigenvalue weighted by Gasteiger charge is 2.07. The lowest BCUT2D eigenvalue weighted by molar-refractivity contribution is 0.631. The van der Waals surface area contributed by atoms with Crippen LogP contribution in [0.3, 0.4) is 0 Å². The van der Waals surface area contributed by atoms with Gasteiger partial charge < -0.3 is 5.32 Å². The minimum Gasteiger partial charge on any atom is -0.313 e. The minimum absolute atomic E-state index is 0.110. The second kappa shape index (κ2) is 3.01. The van der Waals surface area contributed by atoms with E-state index in [9.17, 15) is 0 Å². The number of aryl methyl sites for hydroxylation is 1. The van der Waals surface area contributed by atoms with Crippen molar-refractivity contribution < 1.29 is 0 Å². The van der Waals surface area contributed by atoms with Gasteiger partial charge in [-0.25, -0.2) is 4.98 Å². The largest absolute Gasteiger partial charge is 0.313 e. The molecule has 0 bridgehead atoms. The van der Waals surface area contributed by atoms with E-state index in [1.54, 1.807) is 18.1 Å². The van der Waals surface area contributed by atoms with Gasteiger partial charge in [-0.1, -0.05) is 0 Å². The van der Waals surface area contributed by atoms with Crippen molar-refractivity contribution in [3.8, 4) is 6.19 Å². The Bertz CT molecular complexity index is 271. The second-order valence-electron chi connectivity index (χ2n) is 2.25. The molecule has 5 heteroatoms. The zero-order valence-corrected chi connectivity index (χ0v) is 6.44. The molecule has 0 radical (unpaired) electrons. The van der Waals surface area contributed by atoms with Crippen molar-refractivity contribution in [1.29, 1.82) is 5.26 Å². The third-order valence-electron chi connectivity index (χ3n) is 1.29. The summed E-state index contributed by atoms with van der Waals surface area (Å²) in [5.41, 5.74) is 0. The number of nitrogens with one attached hydrogen (secondary N) is 1. The van der Waals surface area contributed by atoms with E-state index in [1.807, 2.05) is 13.1 Å². The van der Waals surface area contributed by atoms with Crippen molar-refractivity contribution in [2.24, 2.45) is 7.05 Å². The van der Waals surface area contributed by atoms with Crippen molar-refractivity contribution in [3.63, 3.8) is 0 Å². The molecular formula is C6H9N5. The standard InChI is InChI=1S/C6H9N5/c1-5(8-3-7)6-9-4-11(2)10-6/h4-5,8H,1-2H3. The van der Waals surface area contributed by atoms with Gasteiger partial charge in [0.2, 0.25) is 0 Å². The maximum atomic E-state index is 8.28. The van der Waals surface area contributed by atoms with Gasteiger partial charge in [-0.3, -0.25) is 4.68 Å². The van der Waals surface area contributed by atoms with Crippen molar-refractivity contribution in [2.45, 2.75) is 13.0 Å². The van der Waals surface area contributed by atoms with E-state index in [0.29, 0.717) is 5.82 Å². The lowest BCUT2D eigenvalue weighted by Crippen LogP contribution is -2.13. The number of hydrogen-bond acceptors (Lipinski definition) is 4. The first-order chi connectivity index (χ1) is 5.24. The third kappa shape index (κ3) is 1.67. The highest BCUT2D eigenvalue weighted by atomic mass is 15.3. The van der Waals surface area contributed by atoms with Crippen LogP contribution in [-0.2, 0) is 7.05 Å². The molecule has 1 N–H and O–H groups in total. The first-order valence-electron chi connectivity index (χ1n) is 3.24. The summed E-state index contributed by atoms with van der Waals surface area (Å²) in [6.07, 6.45) is 3.44. The lowest BCUT2D eigenvalue weighted by atomic mass is 10.3. The number of aromatic nitrogens is 3. The van der Waals surface area contributed by atoms with Gasteiger partial charge in [-0.2, -0.15) is 10.4 Å². The van der Waals surface area contributed by atoms with E-state index < -0.39 is 0 Å². The Hall–Kier alpha value is -1.57. The van der Waals surface area contributed by atoms with Gasteiger partial charge in [0.1, 0.15) is 6.33 Å². The van der Waals surface area contributed by atoms with E-state index in [0.717, 1.165) is 0 Å². The van der Waals surface area contributed by atoms with Gasteiger partial charge >= 0.3 is 0 Å². The fourth-order valence-electron chi connectivity index (χ4n) is 0.716. The van der Waals surface area contributed by atoms with Crippen LogP contribution in [0.4, 0.5) is 0 Å². The molecule has 1 aromatic heterocycles. The molecule has 1 heterocycles. The zero-order valence-electron chi connectivity index (χ0n) is 6.44. The molecule has 11 heavy (non-hydrogen) atoms. The summed E-state index contributed by atoms with van der Waals surface area (Å²) in [6, 6.07) is -0.110. The predicted molar refractivity (Wildman–Crippen MR) is 38.2 cm³/mol. The first kappa shape index (κ1) is 7.54. The molecule has 0 aromatic carbocycles. The van der Waals surface area contributed by atoms with Crippen molar-refractivity contribution in [3.05, 3.63) is 12.2 Å². The van der Waals surface area contributed by atoms with Crippen LogP contribution in [0.1, 0.15) is 18.8 Å². The summed E-state index contributed by atoms with van der Waals surface area (Å²) < 4.78 is 1.60. The topological polar surface area (TPSA) is 66.5 Å². The molecule has 0 saturated heterocycles. The highest BCUT2D eigenvalue weighted by Crippen LogP contribution is 2.02. The lowest BCUT2D eigenvalue weighted by Gasteiger charge is -2.01. The number of nitrogens with zero attached hydrogens (tertiary/aromatic N) is 4. The Balaban J connectivity index is 2.70. The SMILES string of the molecule is CC(NC#N)c1ncn(C)n1. The second-order valence-corrected chi connectivity index (χ2v) is 2.25. The summed E-state index contributed by atoms with van der Waals surface area (Å²) in [5, 5.41) is 14.8. The Morgan fingerprint density at radius 3 is 3.00 bits per heavy atom. The Morgan fingerprint density at radius 2 is 2.55 bits per heavy atom. The maximum Gasteiger partial charge on any atom is 0.177 e. The van der Waals surface area contributed by atoms with Crippen LogP contribution in [-0.4, -0.2) is 14.8 Å². The summed E-state index contributed by atoms with van der Waals surface area (Å²) in [5.74, 6) is 0.633. The third-order valence-corrected chi connectivity index (χ3v) is 1.29. The number of rotatable bonds is 2. The van der Waals surface area contributed by atoms with Gasteiger partial charge in [0.25, 0.3) is 0 Å². The predicted octanol–water partition coefficient (Wildman–Crippen LogP) is -0.0532. The molecule has 1 unspecified atom stereocenters. The number of nitriles is 1. The van der Waals surface area contributed by atoms with E-state index >= 15 is 0 Å². The molecule has 0 fully saturated rings. The van der Waals surface area contributed by atoms with Gasteiger partial charge in [-0.15, -0.1) is 0 Å². The fraction of sp³-hybridized carbons (Fsp3) is 0.500. The molecule has 0 spiro atoms. The van der Waals surface area contributed by atoms with Crippen molar-refractivity contribution in [1.82, 2.24) is 20.1 Å². The van der Waals surface area contributed by atoms with E-state index in [2.05, 4.69) is 15.4 Å². The maximum absolute atomic E-state index is 8.28. The van der Waals surface area contributed by atoms with Crippen LogP contribution in [0.2, 0.25) is 0 Å². The van der Waals surface area contributed by atoms with Crippen LogP contribution < -0.4 is 5.32 Å². The average molecular weight is 151 g/mol. The molecule has 0 aliphatic heterocycles. The van der Waals surface area contributed by atoms with Crippen LogP contribution in [0, 0.1) is 11.5 Å². The van der Waals surface area contributed by atoms with Crippen molar-refractivity contribution in [2.75, 3.05) is 0 Å². The van der Waals surface area contributed by atoms with E-state index in [1.165, 1.54) is 0 Å². The summed E-state index contributed by atoms with van der Waals surface area (Å²) in [6.45, 7) is 1.83. The van der Waals surface area contributed by atoms with Gasteiger partial charge in [-0.05, 0) is 6.92 Å². The van der Waals surface area contributed by atoms with E-state index in [4.69, 9.17) is 5.26 Å². The normalized spacial score (nSPS) is 12.1. The molecular weight excluding hydrogens is 142 g/mol. The molecule has 5 nitrogen and oxygen atoms in total. The summed E-state index contributed by atoms with van der Waals surface area (Å²) in [7, 11) is 1.79. The van der Waals surface area contributed by atoms with Gasteiger partial charge in [0.15, 0.2) is 12.0 Å². The molecule has 0 saturated carbocycles. The van der Waals surface area contributed by atoms with Crippen LogP contribution in [0.5, 0.6) is 0 Å². The first-order valence-corrected chi connectivity index (χ1v) is 3.24. The summed E-state index contributed by atoms with van der Waals surface area (Å²) in [4.78, 5) is 3.97. The summed E-state index contributed by atoms with van der Waals surface area (Å²) >= 11 is 0. The molecule has 58 valence electrons. The van der Waals surface area contributed by atoms with Crippen LogP contribution in [0.25, 0.3) is 0 Å². The number of hydrogen-bond donors (Lipinski definition) is 1. The Labute approximate surface area is 64.7 Å².